The molecule has 1 amide bonds. The Labute approximate surface area is 111 Å². The van der Waals surface area contributed by atoms with Gasteiger partial charge in [0.2, 0.25) is 11.8 Å². The number of hydrogen-bond donors (Lipinski definition) is 2. The number of aromatic nitrogens is 2. The van der Waals surface area contributed by atoms with E-state index in [1.54, 1.807) is 6.92 Å². The highest BCUT2D eigenvalue weighted by atomic mass is 16.4. The number of carbonyl (C=O) groups is 1. The smallest absolute Gasteiger partial charge is 0.322 e. The lowest BCUT2D eigenvalue weighted by Gasteiger charge is -2.24. The summed E-state index contributed by atoms with van der Waals surface area (Å²) in [5, 5.41) is 13.6. The number of aryl methyl sites for hydroxylation is 1. The van der Waals surface area contributed by atoms with Crippen molar-refractivity contribution in [3.8, 4) is 0 Å². The second kappa shape index (κ2) is 5.26. The quantitative estimate of drug-likeness (QED) is 0.800. The molecule has 0 saturated carbocycles. The van der Waals surface area contributed by atoms with Crippen LogP contribution in [0.3, 0.4) is 0 Å². The van der Waals surface area contributed by atoms with Gasteiger partial charge in [-0.1, -0.05) is 5.10 Å². The summed E-state index contributed by atoms with van der Waals surface area (Å²) in [5.74, 6) is 1.04. The number of nitrogens with zero attached hydrogens (tertiary/aromatic N) is 3. The van der Waals surface area contributed by atoms with E-state index in [-0.39, 0.29) is 11.9 Å². The zero-order valence-corrected chi connectivity index (χ0v) is 11.1. The van der Waals surface area contributed by atoms with Gasteiger partial charge in [0.05, 0.1) is 6.54 Å². The number of anilines is 1. The molecule has 3 heterocycles. The Morgan fingerprint density at radius 2 is 2.42 bits per heavy atom. The summed E-state index contributed by atoms with van der Waals surface area (Å²) in [6.45, 7) is 5.12. The Bertz CT molecular complexity index is 447. The number of carbonyl (C=O) groups excluding carboxylic acids is 1. The van der Waals surface area contributed by atoms with Crippen molar-refractivity contribution < 1.29 is 9.21 Å². The van der Waals surface area contributed by atoms with E-state index in [1.165, 1.54) is 12.8 Å². The van der Waals surface area contributed by atoms with Crippen molar-refractivity contribution in [1.82, 2.24) is 20.4 Å². The first-order valence-electron chi connectivity index (χ1n) is 6.76. The number of nitrogens with one attached hydrogen (secondary N) is 2. The molecular formula is C12H19N5O2. The Morgan fingerprint density at radius 1 is 1.53 bits per heavy atom. The van der Waals surface area contributed by atoms with Crippen LogP contribution in [-0.4, -0.2) is 53.2 Å². The molecular weight excluding hydrogens is 246 g/mol. The molecule has 2 aliphatic heterocycles. The Morgan fingerprint density at radius 3 is 3.16 bits per heavy atom. The van der Waals surface area contributed by atoms with E-state index in [1.807, 2.05) is 0 Å². The molecule has 2 saturated heterocycles. The summed E-state index contributed by atoms with van der Waals surface area (Å²) in [6, 6.07) is 0.726. The van der Waals surface area contributed by atoms with E-state index in [0.717, 1.165) is 19.6 Å². The van der Waals surface area contributed by atoms with E-state index in [0.29, 0.717) is 24.4 Å². The normalized spacial score (nSPS) is 27.2. The first kappa shape index (κ1) is 12.6. The topological polar surface area (TPSA) is 83.3 Å². The van der Waals surface area contributed by atoms with Crippen molar-refractivity contribution in [1.29, 1.82) is 0 Å². The molecule has 19 heavy (non-hydrogen) atoms. The minimum Gasteiger partial charge on any atom is -0.408 e. The van der Waals surface area contributed by atoms with Crippen LogP contribution < -0.4 is 10.6 Å². The van der Waals surface area contributed by atoms with Gasteiger partial charge in [0.15, 0.2) is 0 Å². The van der Waals surface area contributed by atoms with Gasteiger partial charge in [-0.05, 0) is 25.3 Å². The van der Waals surface area contributed by atoms with Crippen molar-refractivity contribution in [2.24, 2.45) is 5.92 Å². The van der Waals surface area contributed by atoms with Crippen molar-refractivity contribution in [3.05, 3.63) is 5.89 Å². The van der Waals surface area contributed by atoms with Crippen molar-refractivity contribution in [2.75, 3.05) is 31.5 Å². The molecule has 104 valence electrons. The van der Waals surface area contributed by atoms with Gasteiger partial charge in [0.1, 0.15) is 0 Å². The van der Waals surface area contributed by atoms with Crippen LogP contribution in [0, 0.1) is 12.8 Å². The summed E-state index contributed by atoms with van der Waals surface area (Å²) in [6.07, 6.45) is 2.50. The fourth-order valence-corrected chi connectivity index (χ4v) is 2.97. The number of likely N-dealkylation sites (tertiary alicyclic amines) is 1. The predicted molar refractivity (Wildman–Crippen MR) is 68.6 cm³/mol. The number of rotatable bonds is 3. The molecule has 2 fully saturated rings. The van der Waals surface area contributed by atoms with Gasteiger partial charge in [-0.3, -0.25) is 15.0 Å². The van der Waals surface area contributed by atoms with E-state index < -0.39 is 0 Å². The molecule has 7 nitrogen and oxygen atoms in total. The number of fused-ring (bicyclic) bond motifs is 1. The van der Waals surface area contributed by atoms with Gasteiger partial charge in [-0.25, -0.2) is 0 Å². The molecule has 2 aliphatic rings. The highest BCUT2D eigenvalue weighted by Crippen LogP contribution is 2.24. The first-order chi connectivity index (χ1) is 9.20. The van der Waals surface area contributed by atoms with E-state index in [9.17, 15) is 4.79 Å². The molecule has 0 aromatic carbocycles. The summed E-state index contributed by atoms with van der Waals surface area (Å²) < 4.78 is 5.13. The van der Waals surface area contributed by atoms with Crippen molar-refractivity contribution in [3.63, 3.8) is 0 Å². The third kappa shape index (κ3) is 2.93. The molecule has 1 aromatic rings. The maximum absolute atomic E-state index is 11.9. The van der Waals surface area contributed by atoms with Crippen LogP contribution in [-0.2, 0) is 4.79 Å². The Hall–Kier alpha value is -1.47. The molecule has 0 bridgehead atoms. The summed E-state index contributed by atoms with van der Waals surface area (Å²) in [5.41, 5.74) is 0. The fraction of sp³-hybridized carbons (Fsp3) is 0.750. The van der Waals surface area contributed by atoms with Gasteiger partial charge in [-0.15, -0.1) is 5.10 Å². The van der Waals surface area contributed by atoms with E-state index in [4.69, 9.17) is 4.42 Å². The summed E-state index contributed by atoms with van der Waals surface area (Å²) in [7, 11) is 0. The molecule has 0 unspecified atom stereocenters. The maximum atomic E-state index is 11.9. The Kier molecular flexibility index (Phi) is 3.48. The van der Waals surface area contributed by atoms with Crippen molar-refractivity contribution in [2.45, 2.75) is 25.8 Å². The monoisotopic (exact) mass is 265 g/mol. The highest BCUT2D eigenvalue weighted by Gasteiger charge is 2.34. The average Bonchev–Trinajstić information content (AvgIpc) is 2.94. The van der Waals surface area contributed by atoms with Gasteiger partial charge in [0, 0.05) is 26.1 Å². The molecule has 0 spiro atoms. The minimum atomic E-state index is -0.0951. The van der Waals surface area contributed by atoms with Crippen LogP contribution in [0.15, 0.2) is 4.42 Å². The zero-order valence-electron chi connectivity index (χ0n) is 11.1. The van der Waals surface area contributed by atoms with E-state index >= 15 is 0 Å². The molecule has 2 N–H and O–H groups in total. The number of amides is 1. The molecule has 0 aliphatic carbocycles. The van der Waals surface area contributed by atoms with Gasteiger partial charge in [0.25, 0.3) is 0 Å². The fourth-order valence-electron chi connectivity index (χ4n) is 2.97. The largest absolute Gasteiger partial charge is 0.408 e. The maximum Gasteiger partial charge on any atom is 0.322 e. The SMILES string of the molecule is Cc1nnc(NC(=O)CN2C[C@@H]3CCCN[C@@H]3C2)o1. The predicted octanol–water partition coefficient (Wildman–Crippen LogP) is 0.000320. The third-order valence-electron chi connectivity index (χ3n) is 3.81. The minimum absolute atomic E-state index is 0.0951. The Balaban J connectivity index is 1.50. The van der Waals surface area contributed by atoms with Crippen LogP contribution >= 0.6 is 0 Å². The molecule has 2 atom stereocenters. The van der Waals surface area contributed by atoms with Gasteiger partial charge < -0.3 is 9.73 Å². The molecule has 1 aromatic heterocycles. The molecule has 3 rings (SSSR count). The van der Waals surface area contributed by atoms with Crippen LogP contribution in [0.5, 0.6) is 0 Å². The lowest BCUT2D eigenvalue weighted by Crippen LogP contribution is -2.41. The van der Waals surface area contributed by atoms with Gasteiger partial charge in [-0.2, -0.15) is 0 Å². The second-order valence-electron chi connectivity index (χ2n) is 5.33. The second-order valence-corrected chi connectivity index (χ2v) is 5.33. The number of piperidine rings is 1. The van der Waals surface area contributed by atoms with Crippen LogP contribution in [0.25, 0.3) is 0 Å². The highest BCUT2D eigenvalue weighted by molar-refractivity contribution is 5.90. The van der Waals surface area contributed by atoms with E-state index in [2.05, 4.69) is 25.7 Å². The lowest BCUT2D eigenvalue weighted by molar-refractivity contribution is -0.117. The van der Waals surface area contributed by atoms with Crippen LogP contribution in [0.1, 0.15) is 18.7 Å². The average molecular weight is 265 g/mol. The van der Waals surface area contributed by atoms with Crippen LogP contribution in [0.4, 0.5) is 6.01 Å². The zero-order chi connectivity index (χ0) is 13.2. The van der Waals surface area contributed by atoms with Crippen LogP contribution in [0.2, 0.25) is 0 Å². The molecule has 0 radical (unpaired) electrons. The first-order valence-corrected chi connectivity index (χ1v) is 6.76. The molecule has 7 heteroatoms. The van der Waals surface area contributed by atoms with Gasteiger partial charge >= 0.3 is 6.01 Å². The third-order valence-corrected chi connectivity index (χ3v) is 3.81. The summed E-state index contributed by atoms with van der Waals surface area (Å²) >= 11 is 0. The summed E-state index contributed by atoms with van der Waals surface area (Å²) in [4.78, 5) is 14.1. The van der Waals surface area contributed by atoms with Crippen molar-refractivity contribution >= 4 is 11.9 Å². The lowest BCUT2D eigenvalue weighted by atomic mass is 9.94. The standard InChI is InChI=1S/C12H19N5O2/c1-8-15-16-12(19-8)14-11(18)7-17-5-9-3-2-4-13-10(9)6-17/h9-10,13H,2-7H2,1H3,(H,14,16,18)/t9-,10+/m0/s1. The number of hydrogen-bond acceptors (Lipinski definition) is 6.